The first-order valence-electron chi connectivity index (χ1n) is 5.76. The summed E-state index contributed by atoms with van der Waals surface area (Å²) in [6.07, 6.45) is 1.86. The van der Waals surface area contributed by atoms with Crippen LogP contribution in [0.5, 0.6) is 0 Å². The third kappa shape index (κ3) is 3.07. The van der Waals surface area contributed by atoms with Crippen molar-refractivity contribution in [2.24, 2.45) is 5.73 Å². The lowest BCUT2D eigenvalue weighted by Crippen LogP contribution is -2.32. The standard InChI is InChI=1S/C13H20N2O/c1-4-10-6-7-11(5-2)12(8-10)15-13(16)9(3)14/h6-9H,4-5,14H2,1-3H3,(H,15,16)/t9-/m1/s1. The number of amides is 1. The maximum absolute atomic E-state index is 11.5. The van der Waals surface area contributed by atoms with Crippen LogP contribution in [0.1, 0.15) is 31.9 Å². The van der Waals surface area contributed by atoms with E-state index in [1.165, 1.54) is 5.56 Å². The van der Waals surface area contributed by atoms with Crippen molar-refractivity contribution in [1.29, 1.82) is 0 Å². The molecule has 0 radical (unpaired) electrons. The number of benzene rings is 1. The van der Waals surface area contributed by atoms with Crippen molar-refractivity contribution in [3.63, 3.8) is 0 Å². The molecule has 0 aliphatic rings. The van der Waals surface area contributed by atoms with Crippen LogP contribution in [0.2, 0.25) is 0 Å². The Labute approximate surface area is 97.0 Å². The largest absolute Gasteiger partial charge is 0.324 e. The average Bonchev–Trinajstić information content (AvgIpc) is 2.28. The summed E-state index contributed by atoms with van der Waals surface area (Å²) in [5, 5.41) is 2.87. The number of anilines is 1. The van der Waals surface area contributed by atoms with Gasteiger partial charge in [0.2, 0.25) is 5.91 Å². The molecule has 3 heteroatoms. The fourth-order valence-electron chi connectivity index (χ4n) is 1.51. The number of rotatable bonds is 4. The van der Waals surface area contributed by atoms with Crippen LogP contribution in [0.4, 0.5) is 5.69 Å². The van der Waals surface area contributed by atoms with Crippen LogP contribution in [-0.4, -0.2) is 11.9 Å². The topological polar surface area (TPSA) is 55.1 Å². The molecule has 0 fully saturated rings. The predicted molar refractivity (Wildman–Crippen MR) is 67.5 cm³/mol. The number of hydrogen-bond acceptors (Lipinski definition) is 2. The molecule has 0 aliphatic carbocycles. The molecule has 0 saturated heterocycles. The van der Waals surface area contributed by atoms with E-state index in [0.717, 1.165) is 24.1 Å². The van der Waals surface area contributed by atoms with Crippen molar-refractivity contribution >= 4 is 11.6 Å². The molecule has 0 aliphatic heterocycles. The van der Waals surface area contributed by atoms with E-state index in [1.807, 2.05) is 6.07 Å². The van der Waals surface area contributed by atoms with Gasteiger partial charge >= 0.3 is 0 Å². The zero-order valence-corrected chi connectivity index (χ0v) is 10.2. The lowest BCUT2D eigenvalue weighted by molar-refractivity contribution is -0.117. The van der Waals surface area contributed by atoms with E-state index >= 15 is 0 Å². The molecular weight excluding hydrogens is 200 g/mol. The molecule has 3 N–H and O–H groups in total. The fraction of sp³-hybridized carbons (Fsp3) is 0.462. The molecule has 1 atom stereocenters. The molecule has 0 spiro atoms. The molecule has 1 amide bonds. The minimum atomic E-state index is -0.477. The maximum atomic E-state index is 11.5. The van der Waals surface area contributed by atoms with Crippen LogP contribution < -0.4 is 11.1 Å². The van der Waals surface area contributed by atoms with Gasteiger partial charge in [-0.2, -0.15) is 0 Å². The summed E-state index contributed by atoms with van der Waals surface area (Å²) in [7, 11) is 0. The zero-order valence-electron chi connectivity index (χ0n) is 10.2. The first kappa shape index (κ1) is 12.7. The van der Waals surface area contributed by atoms with Crippen molar-refractivity contribution in [3.05, 3.63) is 29.3 Å². The second-order valence-electron chi connectivity index (χ2n) is 3.98. The average molecular weight is 220 g/mol. The number of carbonyl (C=O) groups excluding carboxylic acids is 1. The Kier molecular flexibility index (Phi) is 4.50. The predicted octanol–water partition coefficient (Wildman–Crippen LogP) is 2.10. The van der Waals surface area contributed by atoms with Gasteiger partial charge in [0.05, 0.1) is 6.04 Å². The number of aryl methyl sites for hydroxylation is 2. The number of carbonyl (C=O) groups is 1. The van der Waals surface area contributed by atoms with Crippen LogP contribution in [0.3, 0.4) is 0 Å². The number of nitrogens with one attached hydrogen (secondary N) is 1. The van der Waals surface area contributed by atoms with Crippen LogP contribution in [0, 0.1) is 0 Å². The lowest BCUT2D eigenvalue weighted by atomic mass is 10.1. The van der Waals surface area contributed by atoms with Crippen molar-refractivity contribution in [3.8, 4) is 0 Å². The molecule has 1 aromatic carbocycles. The highest BCUT2D eigenvalue weighted by Crippen LogP contribution is 2.19. The van der Waals surface area contributed by atoms with E-state index < -0.39 is 6.04 Å². The molecule has 0 saturated carbocycles. The summed E-state index contributed by atoms with van der Waals surface area (Å²) in [5.74, 6) is -0.136. The van der Waals surface area contributed by atoms with Gasteiger partial charge in [-0.05, 0) is 37.0 Å². The summed E-state index contributed by atoms with van der Waals surface area (Å²) in [4.78, 5) is 11.5. The van der Waals surface area contributed by atoms with Crippen LogP contribution in [0.25, 0.3) is 0 Å². The second-order valence-corrected chi connectivity index (χ2v) is 3.98. The quantitative estimate of drug-likeness (QED) is 0.816. The van der Waals surface area contributed by atoms with Crippen LogP contribution in [0.15, 0.2) is 18.2 Å². The van der Waals surface area contributed by atoms with Crippen molar-refractivity contribution < 1.29 is 4.79 Å². The summed E-state index contributed by atoms with van der Waals surface area (Å²) in [5.41, 5.74) is 8.79. The van der Waals surface area contributed by atoms with Crippen molar-refractivity contribution in [2.45, 2.75) is 39.7 Å². The summed E-state index contributed by atoms with van der Waals surface area (Å²) in [6, 6.07) is 5.71. The van der Waals surface area contributed by atoms with Gasteiger partial charge in [-0.15, -0.1) is 0 Å². The molecule has 0 bridgehead atoms. The Bertz CT molecular complexity index is 372. The van der Waals surface area contributed by atoms with E-state index in [4.69, 9.17) is 5.73 Å². The van der Waals surface area contributed by atoms with E-state index in [0.29, 0.717) is 0 Å². The van der Waals surface area contributed by atoms with Gasteiger partial charge in [-0.1, -0.05) is 26.0 Å². The fourth-order valence-corrected chi connectivity index (χ4v) is 1.51. The van der Waals surface area contributed by atoms with Gasteiger partial charge in [-0.3, -0.25) is 4.79 Å². The van der Waals surface area contributed by atoms with Crippen LogP contribution >= 0.6 is 0 Å². The van der Waals surface area contributed by atoms with Crippen molar-refractivity contribution in [2.75, 3.05) is 5.32 Å². The van der Waals surface area contributed by atoms with Gasteiger partial charge in [0.1, 0.15) is 0 Å². The Morgan fingerprint density at radius 2 is 2.06 bits per heavy atom. The van der Waals surface area contributed by atoms with Crippen LogP contribution in [-0.2, 0) is 17.6 Å². The van der Waals surface area contributed by atoms with Gasteiger partial charge in [0, 0.05) is 5.69 Å². The normalized spacial score (nSPS) is 12.2. The van der Waals surface area contributed by atoms with E-state index in [2.05, 4.69) is 31.3 Å². The number of hydrogen-bond donors (Lipinski definition) is 2. The van der Waals surface area contributed by atoms with E-state index in [-0.39, 0.29) is 5.91 Å². The first-order chi connectivity index (χ1) is 7.58. The summed E-state index contributed by atoms with van der Waals surface area (Å²) < 4.78 is 0. The minimum Gasteiger partial charge on any atom is -0.324 e. The second kappa shape index (κ2) is 5.66. The molecule has 0 aromatic heterocycles. The first-order valence-corrected chi connectivity index (χ1v) is 5.76. The number of nitrogens with two attached hydrogens (primary N) is 1. The summed E-state index contributed by atoms with van der Waals surface area (Å²) >= 11 is 0. The molecule has 1 rings (SSSR count). The molecule has 0 heterocycles. The highest BCUT2D eigenvalue weighted by Gasteiger charge is 2.10. The Morgan fingerprint density at radius 3 is 2.56 bits per heavy atom. The van der Waals surface area contributed by atoms with E-state index in [9.17, 15) is 4.79 Å². The Morgan fingerprint density at radius 1 is 1.38 bits per heavy atom. The third-order valence-corrected chi connectivity index (χ3v) is 2.63. The molecule has 88 valence electrons. The highest BCUT2D eigenvalue weighted by atomic mass is 16.2. The zero-order chi connectivity index (χ0) is 12.1. The molecule has 16 heavy (non-hydrogen) atoms. The molecule has 3 nitrogen and oxygen atoms in total. The van der Waals surface area contributed by atoms with Gasteiger partial charge in [-0.25, -0.2) is 0 Å². The van der Waals surface area contributed by atoms with E-state index in [1.54, 1.807) is 6.92 Å². The third-order valence-electron chi connectivity index (χ3n) is 2.63. The Balaban J connectivity index is 2.95. The van der Waals surface area contributed by atoms with Gasteiger partial charge in [0.25, 0.3) is 0 Å². The molecule has 1 aromatic rings. The SMILES string of the molecule is CCc1ccc(CC)c(NC(=O)[C@@H](C)N)c1. The van der Waals surface area contributed by atoms with Gasteiger partial charge in [0.15, 0.2) is 0 Å². The highest BCUT2D eigenvalue weighted by molar-refractivity contribution is 5.95. The minimum absolute atomic E-state index is 0.136. The van der Waals surface area contributed by atoms with Crippen molar-refractivity contribution in [1.82, 2.24) is 0 Å². The summed E-state index contributed by atoms with van der Waals surface area (Å²) in [6.45, 7) is 5.85. The Hall–Kier alpha value is -1.35. The molecular formula is C13H20N2O. The lowest BCUT2D eigenvalue weighted by Gasteiger charge is -2.13. The smallest absolute Gasteiger partial charge is 0.241 e. The molecule has 0 unspecified atom stereocenters. The van der Waals surface area contributed by atoms with Gasteiger partial charge < -0.3 is 11.1 Å². The monoisotopic (exact) mass is 220 g/mol. The maximum Gasteiger partial charge on any atom is 0.241 e.